The summed E-state index contributed by atoms with van der Waals surface area (Å²) in [5.41, 5.74) is 0. The number of halogens is 1. The summed E-state index contributed by atoms with van der Waals surface area (Å²) in [5.74, 6) is 1.87. The van der Waals surface area contributed by atoms with Gasteiger partial charge in [0.25, 0.3) is 0 Å². The van der Waals surface area contributed by atoms with Crippen molar-refractivity contribution in [1.29, 1.82) is 0 Å². The number of aliphatic hydroxyl groups is 1. The Balaban J connectivity index is 1.38. The second-order valence-corrected chi connectivity index (χ2v) is 8.86. The van der Waals surface area contributed by atoms with Gasteiger partial charge in [-0.25, -0.2) is 4.39 Å². The molecular weight excluding hydrogens is 395 g/mol. The summed E-state index contributed by atoms with van der Waals surface area (Å²) in [6.45, 7) is 6.72. The number of likely N-dealkylation sites (tertiary alicyclic amines) is 1. The third-order valence-electron chi connectivity index (χ3n) is 6.23. The van der Waals surface area contributed by atoms with Gasteiger partial charge in [-0.1, -0.05) is 19.3 Å². The van der Waals surface area contributed by atoms with Crippen LogP contribution < -0.4 is 15.4 Å². The van der Waals surface area contributed by atoms with Crippen LogP contribution in [0.1, 0.15) is 51.9 Å². The van der Waals surface area contributed by atoms with Gasteiger partial charge in [0.15, 0.2) is 5.96 Å². The fourth-order valence-electron chi connectivity index (χ4n) is 4.48. The molecule has 1 aliphatic heterocycles. The molecule has 1 atom stereocenters. The highest BCUT2D eigenvalue weighted by Crippen LogP contribution is 2.25. The number of piperidine rings is 1. The third kappa shape index (κ3) is 8.65. The van der Waals surface area contributed by atoms with Gasteiger partial charge >= 0.3 is 0 Å². The first kappa shape index (κ1) is 23.8. The van der Waals surface area contributed by atoms with Gasteiger partial charge in [-0.2, -0.15) is 0 Å². The van der Waals surface area contributed by atoms with E-state index in [9.17, 15) is 9.50 Å². The second kappa shape index (κ2) is 12.9. The van der Waals surface area contributed by atoms with Crippen molar-refractivity contribution in [2.45, 2.75) is 64.0 Å². The molecule has 1 saturated carbocycles. The molecule has 2 aliphatic rings. The Kier molecular flexibility index (Phi) is 9.87. The van der Waals surface area contributed by atoms with E-state index in [-0.39, 0.29) is 19.0 Å². The molecule has 1 heterocycles. The molecule has 3 rings (SSSR count). The number of hydrogen-bond acceptors (Lipinski definition) is 4. The Hall–Kier alpha value is -1.86. The predicted octanol–water partition coefficient (Wildman–Crippen LogP) is 3.17. The fraction of sp³-hybridized carbons (Fsp3) is 0.708. The van der Waals surface area contributed by atoms with Gasteiger partial charge in [-0.05, 0) is 62.8 Å². The van der Waals surface area contributed by atoms with Crippen molar-refractivity contribution in [3.63, 3.8) is 0 Å². The molecule has 174 valence electrons. The van der Waals surface area contributed by atoms with E-state index in [1.165, 1.54) is 50.8 Å². The summed E-state index contributed by atoms with van der Waals surface area (Å²) < 4.78 is 18.5. The molecule has 1 aliphatic carbocycles. The molecule has 0 amide bonds. The Morgan fingerprint density at radius 3 is 2.55 bits per heavy atom. The fourth-order valence-corrected chi connectivity index (χ4v) is 4.48. The minimum Gasteiger partial charge on any atom is -0.491 e. The summed E-state index contributed by atoms with van der Waals surface area (Å²) in [6.07, 6.45) is 8.56. The molecule has 1 aromatic rings. The molecule has 1 saturated heterocycles. The van der Waals surface area contributed by atoms with Crippen molar-refractivity contribution in [3.05, 3.63) is 30.1 Å². The highest BCUT2D eigenvalue weighted by molar-refractivity contribution is 5.80. The number of aliphatic imine (C=N–C) groups is 1. The van der Waals surface area contributed by atoms with E-state index in [0.29, 0.717) is 11.8 Å². The minimum absolute atomic E-state index is 0.119. The van der Waals surface area contributed by atoms with E-state index in [1.54, 1.807) is 12.1 Å². The molecule has 1 aromatic carbocycles. The lowest BCUT2D eigenvalue weighted by molar-refractivity contribution is 0.114. The number of nitrogens with one attached hydrogen (secondary N) is 2. The first-order valence-electron chi connectivity index (χ1n) is 12.0. The number of benzene rings is 1. The zero-order valence-corrected chi connectivity index (χ0v) is 18.9. The van der Waals surface area contributed by atoms with E-state index >= 15 is 0 Å². The summed E-state index contributed by atoms with van der Waals surface area (Å²) in [6, 6.07) is 6.20. The SMILES string of the molecule is CCNC(=NCC(O)COc1ccc(F)cc1)NC1CCN(CC2CCCCC2)CC1. The lowest BCUT2D eigenvalue weighted by atomic mass is 9.88. The summed E-state index contributed by atoms with van der Waals surface area (Å²) in [5, 5.41) is 17.0. The summed E-state index contributed by atoms with van der Waals surface area (Å²) in [7, 11) is 0. The Morgan fingerprint density at radius 1 is 1.16 bits per heavy atom. The molecule has 0 aromatic heterocycles. The van der Waals surface area contributed by atoms with Crippen LogP contribution in [-0.4, -0.2) is 67.4 Å². The maximum absolute atomic E-state index is 12.9. The molecule has 3 N–H and O–H groups in total. The first-order valence-corrected chi connectivity index (χ1v) is 12.0. The van der Waals surface area contributed by atoms with Crippen LogP contribution in [0.3, 0.4) is 0 Å². The zero-order valence-electron chi connectivity index (χ0n) is 18.9. The standard InChI is InChI=1S/C24H39FN4O2/c1-2-26-24(27-16-22(30)18-31-23-10-8-20(25)9-11-23)28-21-12-14-29(15-13-21)17-19-6-4-3-5-7-19/h8-11,19,21-22,30H,2-7,12-18H2,1H3,(H2,26,27,28). The molecule has 0 bridgehead atoms. The summed E-state index contributed by atoms with van der Waals surface area (Å²) in [4.78, 5) is 7.17. The Labute approximate surface area is 186 Å². The van der Waals surface area contributed by atoms with Crippen LogP contribution in [0.5, 0.6) is 5.75 Å². The topological polar surface area (TPSA) is 69.1 Å². The van der Waals surface area contributed by atoms with Gasteiger partial charge in [-0.3, -0.25) is 4.99 Å². The number of ether oxygens (including phenoxy) is 1. The van der Waals surface area contributed by atoms with Crippen LogP contribution in [0.2, 0.25) is 0 Å². The molecular formula is C24H39FN4O2. The zero-order chi connectivity index (χ0) is 21.9. The van der Waals surface area contributed by atoms with Crippen LogP contribution in [-0.2, 0) is 0 Å². The maximum atomic E-state index is 12.9. The Morgan fingerprint density at radius 2 is 1.87 bits per heavy atom. The molecule has 7 heteroatoms. The van der Waals surface area contributed by atoms with Crippen molar-refractivity contribution in [1.82, 2.24) is 15.5 Å². The van der Waals surface area contributed by atoms with Crippen molar-refractivity contribution >= 4 is 5.96 Å². The number of rotatable bonds is 9. The van der Waals surface area contributed by atoms with E-state index in [4.69, 9.17) is 4.74 Å². The quantitative estimate of drug-likeness (QED) is 0.411. The molecule has 0 radical (unpaired) electrons. The van der Waals surface area contributed by atoms with Crippen LogP contribution in [0.25, 0.3) is 0 Å². The highest BCUT2D eigenvalue weighted by Gasteiger charge is 2.23. The molecule has 2 fully saturated rings. The van der Waals surface area contributed by atoms with Gasteiger partial charge in [0.05, 0.1) is 6.54 Å². The second-order valence-electron chi connectivity index (χ2n) is 8.86. The molecule has 1 unspecified atom stereocenters. The van der Waals surface area contributed by atoms with Gasteiger partial charge in [0.2, 0.25) is 0 Å². The van der Waals surface area contributed by atoms with E-state index in [2.05, 4.69) is 20.5 Å². The van der Waals surface area contributed by atoms with Crippen molar-refractivity contribution in [2.24, 2.45) is 10.9 Å². The normalized spacial score (nSPS) is 20.4. The molecule has 0 spiro atoms. The molecule has 31 heavy (non-hydrogen) atoms. The first-order chi connectivity index (χ1) is 15.1. The number of guanidine groups is 1. The smallest absolute Gasteiger partial charge is 0.191 e. The number of hydrogen-bond donors (Lipinski definition) is 3. The van der Waals surface area contributed by atoms with Crippen LogP contribution >= 0.6 is 0 Å². The number of aliphatic hydroxyl groups excluding tert-OH is 1. The lowest BCUT2D eigenvalue weighted by Gasteiger charge is -2.36. The van der Waals surface area contributed by atoms with Gasteiger partial charge in [-0.15, -0.1) is 0 Å². The van der Waals surface area contributed by atoms with E-state index < -0.39 is 6.10 Å². The number of nitrogens with zero attached hydrogens (tertiary/aromatic N) is 2. The Bertz CT molecular complexity index is 656. The van der Waals surface area contributed by atoms with Crippen LogP contribution in [0.4, 0.5) is 4.39 Å². The van der Waals surface area contributed by atoms with Gasteiger partial charge < -0.3 is 25.4 Å². The van der Waals surface area contributed by atoms with Crippen molar-refractivity contribution in [3.8, 4) is 5.75 Å². The molecule has 6 nitrogen and oxygen atoms in total. The van der Waals surface area contributed by atoms with Gasteiger partial charge in [0.1, 0.15) is 24.3 Å². The lowest BCUT2D eigenvalue weighted by Crippen LogP contribution is -2.49. The largest absolute Gasteiger partial charge is 0.491 e. The average Bonchev–Trinajstić information content (AvgIpc) is 2.79. The monoisotopic (exact) mass is 434 g/mol. The minimum atomic E-state index is -0.724. The van der Waals surface area contributed by atoms with Gasteiger partial charge in [0, 0.05) is 32.2 Å². The van der Waals surface area contributed by atoms with Crippen LogP contribution in [0, 0.1) is 11.7 Å². The van der Waals surface area contributed by atoms with E-state index in [1.807, 2.05) is 6.92 Å². The average molecular weight is 435 g/mol. The highest BCUT2D eigenvalue weighted by atomic mass is 19.1. The van der Waals surface area contributed by atoms with Crippen molar-refractivity contribution < 1.29 is 14.2 Å². The van der Waals surface area contributed by atoms with Crippen LogP contribution in [0.15, 0.2) is 29.3 Å². The third-order valence-corrected chi connectivity index (χ3v) is 6.23. The van der Waals surface area contributed by atoms with Crippen molar-refractivity contribution in [2.75, 3.05) is 39.3 Å². The predicted molar refractivity (Wildman–Crippen MR) is 123 cm³/mol. The maximum Gasteiger partial charge on any atom is 0.191 e. The van der Waals surface area contributed by atoms with E-state index in [0.717, 1.165) is 44.4 Å². The summed E-state index contributed by atoms with van der Waals surface area (Å²) >= 11 is 0.